The lowest BCUT2D eigenvalue weighted by molar-refractivity contribution is -0.00613. The van der Waals surface area contributed by atoms with E-state index in [2.05, 4.69) is 4.74 Å². The Kier molecular flexibility index (Phi) is 5.78. The lowest BCUT2D eigenvalue weighted by atomic mass is 10.5. The van der Waals surface area contributed by atoms with Crippen molar-refractivity contribution in [2.45, 2.75) is 6.42 Å². The second-order valence-electron chi connectivity index (χ2n) is 1.11. The highest BCUT2D eigenvalue weighted by Crippen LogP contribution is 1.76. The minimum atomic E-state index is -0.250. The smallest absolute Gasteiger partial charge is 0.143 e. The highest BCUT2D eigenvalue weighted by atomic mass is 16.6. The Hall–Kier alpha value is -0.120. The van der Waals surface area contributed by atoms with Crippen LogP contribution in [0.3, 0.4) is 0 Å². The molecular formula is C4H10O3. The summed E-state index contributed by atoms with van der Waals surface area (Å²) in [6.07, 6.45) is 0.598. The van der Waals surface area contributed by atoms with Crippen LogP contribution in [0.2, 0.25) is 0 Å². The summed E-state index contributed by atoms with van der Waals surface area (Å²) in [5.74, 6) is 0. The van der Waals surface area contributed by atoms with Crippen molar-refractivity contribution >= 4 is 0 Å². The number of aliphatic hydroxyl groups excluding tert-OH is 2. The molecule has 0 aromatic rings. The van der Waals surface area contributed by atoms with Gasteiger partial charge in [-0.25, -0.2) is 0 Å². The summed E-state index contributed by atoms with van der Waals surface area (Å²) in [5, 5.41) is 16.1. The van der Waals surface area contributed by atoms with Crippen LogP contribution in [0.4, 0.5) is 0 Å². The van der Waals surface area contributed by atoms with Gasteiger partial charge in [-0.15, -0.1) is 0 Å². The van der Waals surface area contributed by atoms with E-state index in [0.717, 1.165) is 0 Å². The molecule has 0 aliphatic carbocycles. The first kappa shape index (κ1) is 6.88. The van der Waals surface area contributed by atoms with Gasteiger partial charge in [-0.2, -0.15) is 0 Å². The molecule has 0 bridgehead atoms. The van der Waals surface area contributed by atoms with E-state index in [1.165, 1.54) is 0 Å². The molecule has 0 spiro atoms. The average molecular weight is 106 g/mol. The standard InChI is InChI=1S/C4H10O3/c5-2-1-3-7-4-6/h5-6H,1-4H2. The number of aliphatic hydroxyl groups is 2. The van der Waals surface area contributed by atoms with Crippen LogP contribution in [-0.4, -0.2) is 30.2 Å². The summed E-state index contributed by atoms with van der Waals surface area (Å²) >= 11 is 0. The van der Waals surface area contributed by atoms with Crippen LogP contribution < -0.4 is 0 Å². The molecule has 7 heavy (non-hydrogen) atoms. The van der Waals surface area contributed by atoms with Crippen LogP contribution in [0.1, 0.15) is 6.42 Å². The van der Waals surface area contributed by atoms with Crippen LogP contribution in [0, 0.1) is 0 Å². The van der Waals surface area contributed by atoms with E-state index in [1.54, 1.807) is 0 Å². The molecule has 0 unspecified atom stereocenters. The zero-order valence-electron chi connectivity index (χ0n) is 4.13. The van der Waals surface area contributed by atoms with E-state index in [-0.39, 0.29) is 13.4 Å². The summed E-state index contributed by atoms with van der Waals surface area (Å²) in [6.45, 7) is 0.312. The van der Waals surface area contributed by atoms with Gasteiger partial charge >= 0.3 is 0 Å². The molecule has 0 saturated carbocycles. The minimum absolute atomic E-state index is 0.125. The lowest BCUT2D eigenvalue weighted by Crippen LogP contribution is -1.96. The monoisotopic (exact) mass is 106 g/mol. The van der Waals surface area contributed by atoms with Crippen LogP contribution in [-0.2, 0) is 4.74 Å². The number of rotatable bonds is 4. The second-order valence-corrected chi connectivity index (χ2v) is 1.11. The fraction of sp³-hybridized carbons (Fsp3) is 1.00. The first-order chi connectivity index (χ1) is 3.41. The zero-order valence-corrected chi connectivity index (χ0v) is 4.13. The molecule has 0 aliphatic heterocycles. The maximum Gasteiger partial charge on any atom is 0.143 e. The Bertz CT molecular complexity index is 26.1. The molecule has 0 rings (SSSR count). The van der Waals surface area contributed by atoms with E-state index < -0.39 is 0 Å². The van der Waals surface area contributed by atoms with E-state index in [4.69, 9.17) is 10.2 Å². The molecule has 0 saturated heterocycles. The van der Waals surface area contributed by atoms with Crippen LogP contribution in [0.25, 0.3) is 0 Å². The first-order valence-electron chi connectivity index (χ1n) is 2.21. The molecule has 0 fully saturated rings. The summed E-state index contributed by atoms with van der Waals surface area (Å²) in [7, 11) is 0. The summed E-state index contributed by atoms with van der Waals surface area (Å²) in [5.41, 5.74) is 0. The summed E-state index contributed by atoms with van der Waals surface area (Å²) in [6, 6.07) is 0. The molecule has 0 aliphatic rings. The topological polar surface area (TPSA) is 49.7 Å². The Labute approximate surface area is 42.5 Å². The predicted molar refractivity (Wildman–Crippen MR) is 24.7 cm³/mol. The van der Waals surface area contributed by atoms with Crippen molar-refractivity contribution in [3.05, 3.63) is 0 Å². The Balaban J connectivity index is 2.45. The van der Waals surface area contributed by atoms with Crippen molar-refractivity contribution in [1.82, 2.24) is 0 Å². The molecule has 0 aromatic carbocycles. The van der Waals surface area contributed by atoms with E-state index in [0.29, 0.717) is 13.0 Å². The van der Waals surface area contributed by atoms with Gasteiger partial charge in [0.15, 0.2) is 0 Å². The molecule has 3 heteroatoms. The zero-order chi connectivity index (χ0) is 5.54. The van der Waals surface area contributed by atoms with Crippen LogP contribution >= 0.6 is 0 Å². The largest absolute Gasteiger partial charge is 0.396 e. The lowest BCUT2D eigenvalue weighted by Gasteiger charge is -1.93. The van der Waals surface area contributed by atoms with Gasteiger partial charge in [0.25, 0.3) is 0 Å². The maximum atomic E-state index is 8.13. The third kappa shape index (κ3) is 5.88. The number of hydrogen-bond acceptors (Lipinski definition) is 3. The average Bonchev–Trinajstić information content (AvgIpc) is 1.69. The molecule has 3 nitrogen and oxygen atoms in total. The van der Waals surface area contributed by atoms with E-state index in [1.807, 2.05) is 0 Å². The quantitative estimate of drug-likeness (QED) is 0.369. The van der Waals surface area contributed by atoms with Gasteiger partial charge in [0.2, 0.25) is 0 Å². The van der Waals surface area contributed by atoms with Crippen LogP contribution in [0.5, 0.6) is 0 Å². The van der Waals surface area contributed by atoms with Gasteiger partial charge < -0.3 is 14.9 Å². The molecule has 0 heterocycles. The Morgan fingerprint density at radius 3 is 2.43 bits per heavy atom. The third-order valence-electron chi connectivity index (χ3n) is 0.538. The van der Waals surface area contributed by atoms with Gasteiger partial charge in [-0.3, -0.25) is 0 Å². The predicted octanol–water partition coefficient (Wildman–Crippen LogP) is -0.665. The summed E-state index contributed by atoms with van der Waals surface area (Å²) in [4.78, 5) is 0. The number of hydrogen-bond donors (Lipinski definition) is 2. The van der Waals surface area contributed by atoms with Gasteiger partial charge in [0.05, 0.1) is 6.61 Å². The van der Waals surface area contributed by atoms with Gasteiger partial charge in [-0.05, 0) is 6.42 Å². The molecule has 0 radical (unpaired) electrons. The number of ether oxygens (including phenoxy) is 1. The molecule has 2 N–H and O–H groups in total. The van der Waals surface area contributed by atoms with Crippen molar-refractivity contribution in [1.29, 1.82) is 0 Å². The maximum absolute atomic E-state index is 8.13. The molecule has 44 valence electrons. The first-order valence-corrected chi connectivity index (χ1v) is 2.21. The molecule has 0 atom stereocenters. The third-order valence-corrected chi connectivity index (χ3v) is 0.538. The second kappa shape index (κ2) is 5.88. The summed E-state index contributed by atoms with van der Waals surface area (Å²) < 4.78 is 4.47. The Morgan fingerprint density at radius 2 is 2.00 bits per heavy atom. The Morgan fingerprint density at radius 1 is 1.29 bits per heavy atom. The van der Waals surface area contributed by atoms with E-state index >= 15 is 0 Å². The SMILES string of the molecule is OCCCOCO. The molecule has 0 aromatic heterocycles. The van der Waals surface area contributed by atoms with Crippen molar-refractivity contribution in [3.63, 3.8) is 0 Å². The molecule has 0 amide bonds. The van der Waals surface area contributed by atoms with Crippen molar-refractivity contribution in [2.24, 2.45) is 0 Å². The fourth-order valence-electron chi connectivity index (χ4n) is 0.231. The van der Waals surface area contributed by atoms with Crippen molar-refractivity contribution < 1.29 is 14.9 Å². The van der Waals surface area contributed by atoms with Crippen LogP contribution in [0.15, 0.2) is 0 Å². The van der Waals surface area contributed by atoms with Gasteiger partial charge in [0.1, 0.15) is 6.79 Å². The highest BCUT2D eigenvalue weighted by Gasteiger charge is 1.80. The minimum Gasteiger partial charge on any atom is -0.396 e. The highest BCUT2D eigenvalue weighted by molar-refractivity contribution is 4.26. The van der Waals surface area contributed by atoms with Crippen molar-refractivity contribution in [2.75, 3.05) is 20.0 Å². The van der Waals surface area contributed by atoms with Gasteiger partial charge in [-0.1, -0.05) is 0 Å². The normalized spacial score (nSPS) is 9.43. The van der Waals surface area contributed by atoms with Gasteiger partial charge in [0, 0.05) is 6.61 Å². The fourth-order valence-corrected chi connectivity index (χ4v) is 0.231. The van der Waals surface area contributed by atoms with E-state index in [9.17, 15) is 0 Å². The molecular weight excluding hydrogens is 96.0 g/mol. The van der Waals surface area contributed by atoms with Crippen molar-refractivity contribution in [3.8, 4) is 0 Å².